The Labute approximate surface area is 361 Å². The number of allylic oxidation sites excluding steroid dienone is 1. The molecule has 2 bridgehead atoms. The van der Waals surface area contributed by atoms with E-state index in [1.165, 1.54) is 5.56 Å². The molecule has 1 aliphatic carbocycles. The standard InChI is InChI=1S/C51H76N3O6/c1-7-53(8-2)37-49(56)59-38-46(42-24-15-12-16-25-42)50(57)60-45-34-44-28-29-51(35-45,54(44,6)39(3)4)47-27-26-43(33-40(47)5)48(55)36-52-30-18-9-10-19-31-58-32-20-17-23-41-21-13-11-14-22-41/h11-16,21-22,24-27,33,39,44-48,52,55H,5,7-10,17-20,23,28-32,34-38H2,1-4,6H3/q+1. The van der Waals surface area contributed by atoms with Gasteiger partial charge in [-0.25, -0.2) is 0 Å². The molecule has 0 radical (unpaired) electrons. The highest BCUT2D eigenvalue weighted by Gasteiger charge is 2.66. The van der Waals surface area contributed by atoms with E-state index < -0.39 is 12.0 Å². The fraction of sp³-hybridized carbons (Fsp3) is 0.608. The highest BCUT2D eigenvalue weighted by atomic mass is 16.6. The van der Waals surface area contributed by atoms with Gasteiger partial charge in [0.05, 0.1) is 37.7 Å². The fourth-order valence-electron chi connectivity index (χ4n) is 10.3. The Hall–Kier alpha value is -3.60. The number of ether oxygens (including phenoxy) is 3. The first-order valence-electron chi connectivity index (χ1n) is 23.1. The van der Waals surface area contributed by atoms with Crippen LogP contribution in [0.1, 0.15) is 109 Å². The summed E-state index contributed by atoms with van der Waals surface area (Å²) in [6.07, 6.45) is 17.0. The second-order valence-corrected chi connectivity index (χ2v) is 17.9. The largest absolute Gasteiger partial charge is 0.463 e. The lowest BCUT2D eigenvalue weighted by Gasteiger charge is -2.59. The second-order valence-electron chi connectivity index (χ2n) is 17.9. The number of esters is 2. The average molecular weight is 827 g/mol. The summed E-state index contributed by atoms with van der Waals surface area (Å²) in [6.45, 7) is 17.9. The van der Waals surface area contributed by atoms with Crippen LogP contribution in [0.2, 0.25) is 0 Å². The number of aliphatic hydroxyl groups excluding tert-OH is 1. The molecule has 0 spiro atoms. The van der Waals surface area contributed by atoms with Crippen molar-refractivity contribution in [3.05, 3.63) is 108 Å². The van der Waals surface area contributed by atoms with Gasteiger partial charge in [0.15, 0.2) is 0 Å². The van der Waals surface area contributed by atoms with Gasteiger partial charge in [0, 0.05) is 45.4 Å². The summed E-state index contributed by atoms with van der Waals surface area (Å²) in [6, 6.07) is 20.9. The van der Waals surface area contributed by atoms with Gasteiger partial charge >= 0.3 is 11.9 Å². The Morgan fingerprint density at radius 1 is 0.967 bits per heavy atom. The van der Waals surface area contributed by atoms with Crippen molar-refractivity contribution in [2.75, 3.05) is 59.6 Å². The zero-order valence-electron chi connectivity index (χ0n) is 37.5. The van der Waals surface area contributed by atoms with Crippen molar-refractivity contribution in [2.45, 2.75) is 134 Å². The van der Waals surface area contributed by atoms with E-state index in [9.17, 15) is 14.7 Å². The lowest BCUT2D eigenvalue weighted by atomic mass is 9.68. The van der Waals surface area contributed by atoms with Crippen molar-refractivity contribution in [2.24, 2.45) is 5.92 Å². The number of aryl methyl sites for hydroxylation is 1. The number of likely N-dealkylation sites (N-methyl/N-ethyl adjacent to an activating group) is 1. The number of benzene rings is 2. The number of fused-ring (bicyclic) bond motifs is 2. The van der Waals surface area contributed by atoms with Gasteiger partial charge in [-0.3, -0.25) is 14.5 Å². The van der Waals surface area contributed by atoms with Crippen molar-refractivity contribution in [3.63, 3.8) is 0 Å². The zero-order chi connectivity index (χ0) is 43.0. The van der Waals surface area contributed by atoms with Gasteiger partial charge in [-0.1, -0.05) is 112 Å². The Balaban J connectivity index is 1.09. The number of carbonyl (C=O) groups is 2. The highest BCUT2D eigenvalue weighted by Crippen LogP contribution is 2.57. The minimum atomic E-state index is -0.705. The molecule has 2 fully saturated rings. The molecule has 2 aromatic rings. The second kappa shape index (κ2) is 23.6. The number of carbonyl (C=O) groups excluding carboxylic acids is 2. The van der Waals surface area contributed by atoms with Crippen LogP contribution in [0.15, 0.2) is 96.6 Å². The summed E-state index contributed by atoms with van der Waals surface area (Å²) in [5.41, 5.74) is 3.85. The lowest BCUT2D eigenvalue weighted by molar-refractivity contribution is -0.994. The van der Waals surface area contributed by atoms with E-state index in [2.05, 4.69) is 81.4 Å². The number of rotatable bonds is 26. The molecular weight excluding hydrogens is 751 g/mol. The highest BCUT2D eigenvalue weighted by molar-refractivity contribution is 5.79. The Morgan fingerprint density at radius 3 is 2.33 bits per heavy atom. The third kappa shape index (κ3) is 12.3. The van der Waals surface area contributed by atoms with Gasteiger partial charge < -0.3 is 29.1 Å². The van der Waals surface area contributed by atoms with Crippen LogP contribution in [-0.2, 0) is 30.2 Å². The van der Waals surface area contributed by atoms with Crippen molar-refractivity contribution in [1.29, 1.82) is 0 Å². The zero-order valence-corrected chi connectivity index (χ0v) is 37.5. The predicted octanol–water partition coefficient (Wildman–Crippen LogP) is 8.34. The van der Waals surface area contributed by atoms with Crippen LogP contribution in [0.25, 0.3) is 0 Å². The summed E-state index contributed by atoms with van der Waals surface area (Å²) in [5, 5.41) is 14.7. The van der Waals surface area contributed by atoms with Gasteiger partial charge in [0.25, 0.3) is 0 Å². The molecule has 330 valence electrons. The van der Waals surface area contributed by atoms with Crippen LogP contribution in [0.4, 0.5) is 0 Å². The van der Waals surface area contributed by atoms with E-state index in [4.69, 9.17) is 14.2 Å². The van der Waals surface area contributed by atoms with Crippen LogP contribution >= 0.6 is 0 Å². The van der Waals surface area contributed by atoms with E-state index in [1.54, 1.807) is 0 Å². The average Bonchev–Trinajstić information content (AvgIpc) is 3.38. The van der Waals surface area contributed by atoms with Crippen LogP contribution < -0.4 is 5.32 Å². The number of hydrogen-bond donors (Lipinski definition) is 2. The molecular formula is C51H76N3O6+. The summed E-state index contributed by atoms with van der Waals surface area (Å²) in [7, 11) is 2.39. The summed E-state index contributed by atoms with van der Waals surface area (Å²) < 4.78 is 19.0. The maximum Gasteiger partial charge on any atom is 0.320 e. The molecule has 2 heterocycles. The Bertz CT molecular complexity index is 1690. The van der Waals surface area contributed by atoms with Gasteiger partial charge in [-0.05, 0) is 87.9 Å². The summed E-state index contributed by atoms with van der Waals surface area (Å²) in [4.78, 5) is 28.9. The predicted molar refractivity (Wildman–Crippen MR) is 242 cm³/mol. The van der Waals surface area contributed by atoms with E-state index in [-0.39, 0.29) is 42.7 Å². The number of piperidine rings is 1. The van der Waals surface area contributed by atoms with E-state index in [0.717, 1.165) is 125 Å². The van der Waals surface area contributed by atoms with Crippen molar-refractivity contribution in [3.8, 4) is 0 Å². The summed E-state index contributed by atoms with van der Waals surface area (Å²) in [5.74, 6) is -1.34. The number of aliphatic hydroxyl groups is 1. The molecule has 5 rings (SSSR count). The molecule has 7 atom stereocenters. The molecule has 2 N–H and O–H groups in total. The number of hydrogen-bond acceptors (Lipinski definition) is 8. The van der Waals surface area contributed by atoms with E-state index in [0.29, 0.717) is 18.6 Å². The molecule has 0 aromatic heterocycles. The monoisotopic (exact) mass is 827 g/mol. The minimum Gasteiger partial charge on any atom is -0.463 e. The van der Waals surface area contributed by atoms with Crippen LogP contribution in [-0.4, -0.2) is 116 Å². The number of quaternary nitrogens is 1. The first kappa shape index (κ1) is 47.4. The van der Waals surface area contributed by atoms with Crippen LogP contribution in [0.3, 0.4) is 0 Å². The van der Waals surface area contributed by atoms with Crippen molar-refractivity contribution < 1.29 is 33.4 Å². The molecule has 3 aliphatic rings. The third-order valence-electron chi connectivity index (χ3n) is 14.0. The van der Waals surface area contributed by atoms with E-state index >= 15 is 0 Å². The van der Waals surface area contributed by atoms with Gasteiger partial charge in [0.2, 0.25) is 0 Å². The maximum atomic E-state index is 14.1. The van der Waals surface area contributed by atoms with Crippen LogP contribution in [0, 0.1) is 5.92 Å². The first-order chi connectivity index (χ1) is 29.0. The number of unbranched alkanes of at least 4 members (excludes halogenated alkanes) is 4. The van der Waals surface area contributed by atoms with E-state index in [1.807, 2.05) is 49.1 Å². The molecule has 9 nitrogen and oxygen atoms in total. The number of nitrogens with one attached hydrogen (secondary N) is 1. The molecule has 0 saturated carbocycles. The third-order valence-corrected chi connectivity index (χ3v) is 14.0. The quantitative estimate of drug-likeness (QED) is 0.0556. The lowest BCUT2D eigenvalue weighted by Crippen LogP contribution is -2.71. The molecule has 7 unspecified atom stereocenters. The topological polar surface area (TPSA) is 97.3 Å². The molecule has 9 heteroatoms. The molecule has 0 amide bonds. The minimum absolute atomic E-state index is 0.0459. The van der Waals surface area contributed by atoms with Gasteiger partial charge in [-0.15, -0.1) is 0 Å². The fourth-order valence-corrected chi connectivity index (χ4v) is 10.3. The Kier molecular flexibility index (Phi) is 18.6. The SMILES string of the molecule is C=C1C=C(C(O)CNCCCCCCOCCCCc2ccccc2)C=CC1C12CCC(CC(OC(=O)C(COC(=O)CN(CC)CC)c3ccccc3)C1)[N+]2(C)C(C)C. The van der Waals surface area contributed by atoms with Crippen LogP contribution in [0.5, 0.6) is 0 Å². The Morgan fingerprint density at radius 2 is 1.65 bits per heavy atom. The van der Waals surface area contributed by atoms with Crippen molar-refractivity contribution >= 4 is 11.9 Å². The summed E-state index contributed by atoms with van der Waals surface area (Å²) >= 11 is 0. The van der Waals surface area contributed by atoms with Gasteiger partial charge in [0.1, 0.15) is 24.2 Å². The first-order valence-corrected chi connectivity index (χ1v) is 23.1. The molecule has 2 aromatic carbocycles. The van der Waals surface area contributed by atoms with Gasteiger partial charge in [-0.2, -0.15) is 0 Å². The number of nitrogens with zero attached hydrogens (tertiary/aromatic N) is 2. The molecule has 2 aliphatic heterocycles. The smallest absolute Gasteiger partial charge is 0.320 e. The molecule has 2 saturated heterocycles. The maximum absolute atomic E-state index is 14.1. The van der Waals surface area contributed by atoms with Crippen molar-refractivity contribution in [1.82, 2.24) is 10.2 Å². The molecule has 60 heavy (non-hydrogen) atoms. The normalized spacial score (nSPS) is 24.7.